The van der Waals surface area contributed by atoms with E-state index in [0.717, 1.165) is 12.1 Å². The van der Waals surface area contributed by atoms with Crippen molar-refractivity contribution in [1.82, 2.24) is 10.2 Å². The van der Waals surface area contributed by atoms with Gasteiger partial charge in [-0.25, -0.2) is 4.79 Å². The lowest BCUT2D eigenvalue weighted by Gasteiger charge is -2.20. The zero-order valence-electron chi connectivity index (χ0n) is 8.70. The van der Waals surface area contributed by atoms with Crippen LogP contribution in [0.3, 0.4) is 0 Å². The topological polar surface area (TPSA) is 66.0 Å². The molecule has 0 bridgehead atoms. The molecule has 4 nitrogen and oxygen atoms in total. The van der Waals surface area contributed by atoms with Gasteiger partial charge in [-0.05, 0) is 12.3 Å². The van der Waals surface area contributed by atoms with Gasteiger partial charge in [-0.2, -0.15) is 5.10 Å². The minimum absolute atomic E-state index is 0.334. The van der Waals surface area contributed by atoms with Gasteiger partial charge in [0.25, 0.3) is 0 Å². The fourth-order valence-corrected chi connectivity index (χ4v) is 2.33. The van der Waals surface area contributed by atoms with E-state index >= 15 is 0 Å². The summed E-state index contributed by atoms with van der Waals surface area (Å²) in [5.41, 5.74) is 1.12. The van der Waals surface area contributed by atoms with Crippen LogP contribution in [0.1, 0.15) is 48.2 Å². The van der Waals surface area contributed by atoms with Crippen molar-refractivity contribution in [3.8, 4) is 0 Å². The molecule has 1 heterocycles. The molecule has 1 aliphatic rings. The van der Waals surface area contributed by atoms with Crippen molar-refractivity contribution < 1.29 is 9.90 Å². The molecule has 2 rings (SSSR count). The van der Waals surface area contributed by atoms with Crippen molar-refractivity contribution in [1.29, 1.82) is 0 Å². The molecule has 15 heavy (non-hydrogen) atoms. The maximum atomic E-state index is 10.9. The largest absolute Gasteiger partial charge is 0.478 e. The summed E-state index contributed by atoms with van der Waals surface area (Å²) in [5, 5.41) is 15.5. The maximum Gasteiger partial charge on any atom is 0.339 e. The number of H-pyrrole nitrogens is 1. The number of hydrogen-bond acceptors (Lipinski definition) is 2. The number of nitrogens with one attached hydrogen (secondary N) is 1. The van der Waals surface area contributed by atoms with E-state index in [1.807, 2.05) is 0 Å². The molecule has 0 aromatic carbocycles. The first-order valence-corrected chi connectivity index (χ1v) is 5.53. The predicted octanol–water partition coefficient (Wildman–Crippen LogP) is 2.23. The van der Waals surface area contributed by atoms with Crippen molar-refractivity contribution in [2.24, 2.45) is 5.92 Å². The van der Waals surface area contributed by atoms with E-state index in [4.69, 9.17) is 5.11 Å². The Morgan fingerprint density at radius 3 is 2.87 bits per heavy atom. The van der Waals surface area contributed by atoms with Crippen LogP contribution in [0.2, 0.25) is 0 Å². The summed E-state index contributed by atoms with van der Waals surface area (Å²) in [6.45, 7) is 0. The van der Waals surface area contributed by atoms with Crippen molar-refractivity contribution in [2.75, 3.05) is 0 Å². The van der Waals surface area contributed by atoms with Gasteiger partial charge in [0.05, 0.1) is 6.20 Å². The zero-order valence-corrected chi connectivity index (χ0v) is 8.70. The highest BCUT2D eigenvalue weighted by atomic mass is 16.4. The Hall–Kier alpha value is -1.32. The second-order valence-electron chi connectivity index (χ2n) is 4.28. The van der Waals surface area contributed by atoms with Crippen LogP contribution in [0, 0.1) is 5.92 Å². The first kappa shape index (κ1) is 10.2. The quantitative estimate of drug-likeness (QED) is 0.800. The smallest absolute Gasteiger partial charge is 0.339 e. The van der Waals surface area contributed by atoms with E-state index in [1.54, 1.807) is 0 Å². The van der Waals surface area contributed by atoms with Crippen LogP contribution < -0.4 is 0 Å². The monoisotopic (exact) mass is 208 g/mol. The molecule has 0 saturated heterocycles. The molecule has 0 atom stereocenters. The summed E-state index contributed by atoms with van der Waals surface area (Å²) in [5.74, 6) is -0.244. The fraction of sp³-hybridized carbons (Fsp3) is 0.636. The molecule has 0 amide bonds. The van der Waals surface area contributed by atoms with E-state index in [-0.39, 0.29) is 0 Å². The molecule has 1 aromatic heterocycles. The Balaban J connectivity index is 2.03. The van der Waals surface area contributed by atoms with Gasteiger partial charge in [0, 0.05) is 5.69 Å². The Morgan fingerprint density at radius 1 is 1.47 bits per heavy atom. The number of hydrogen-bond donors (Lipinski definition) is 2. The highest BCUT2D eigenvalue weighted by molar-refractivity contribution is 5.88. The van der Waals surface area contributed by atoms with E-state index in [9.17, 15) is 4.79 Å². The lowest BCUT2D eigenvalue weighted by atomic mass is 9.85. The van der Waals surface area contributed by atoms with Crippen LogP contribution >= 0.6 is 0 Å². The van der Waals surface area contributed by atoms with Gasteiger partial charge < -0.3 is 5.11 Å². The minimum Gasteiger partial charge on any atom is -0.478 e. The SMILES string of the molecule is O=C(O)c1cn[nH]c1CC1CCCCC1. The second kappa shape index (κ2) is 4.47. The molecular formula is C11H16N2O2. The normalized spacial score (nSPS) is 17.9. The van der Waals surface area contributed by atoms with Gasteiger partial charge in [-0.15, -0.1) is 0 Å². The van der Waals surface area contributed by atoms with Crippen LogP contribution in [-0.2, 0) is 6.42 Å². The molecule has 1 fully saturated rings. The van der Waals surface area contributed by atoms with Gasteiger partial charge >= 0.3 is 5.97 Å². The second-order valence-corrected chi connectivity index (χ2v) is 4.28. The summed E-state index contributed by atoms with van der Waals surface area (Å²) in [7, 11) is 0. The van der Waals surface area contributed by atoms with Crippen LogP contribution in [0.25, 0.3) is 0 Å². The number of carboxylic acid groups (broad SMARTS) is 1. The highest BCUT2D eigenvalue weighted by Gasteiger charge is 2.19. The summed E-state index contributed by atoms with van der Waals surface area (Å²) in [6, 6.07) is 0. The Morgan fingerprint density at radius 2 is 2.20 bits per heavy atom. The third-order valence-corrected chi connectivity index (χ3v) is 3.17. The van der Waals surface area contributed by atoms with Crippen LogP contribution in [0.4, 0.5) is 0 Å². The molecule has 0 unspecified atom stereocenters. The van der Waals surface area contributed by atoms with Gasteiger partial charge in [-0.1, -0.05) is 32.1 Å². The number of aromatic carboxylic acids is 1. The van der Waals surface area contributed by atoms with Crippen LogP contribution in [0.15, 0.2) is 6.20 Å². The zero-order chi connectivity index (χ0) is 10.7. The van der Waals surface area contributed by atoms with E-state index in [0.29, 0.717) is 11.5 Å². The Labute approximate surface area is 88.7 Å². The molecule has 0 spiro atoms. The molecule has 0 aliphatic heterocycles. The summed E-state index contributed by atoms with van der Waals surface area (Å²) >= 11 is 0. The van der Waals surface area contributed by atoms with Crippen LogP contribution in [-0.4, -0.2) is 21.3 Å². The van der Waals surface area contributed by atoms with E-state index in [1.165, 1.54) is 38.3 Å². The highest BCUT2D eigenvalue weighted by Crippen LogP contribution is 2.27. The molecule has 1 saturated carbocycles. The van der Waals surface area contributed by atoms with Gasteiger partial charge in [-0.3, -0.25) is 5.10 Å². The Kier molecular flexibility index (Phi) is 3.04. The molecule has 2 N–H and O–H groups in total. The van der Waals surface area contributed by atoms with Gasteiger partial charge in [0.1, 0.15) is 5.56 Å². The third-order valence-electron chi connectivity index (χ3n) is 3.17. The van der Waals surface area contributed by atoms with E-state index < -0.39 is 5.97 Å². The lowest BCUT2D eigenvalue weighted by molar-refractivity contribution is 0.0695. The number of aromatic amines is 1. The fourth-order valence-electron chi connectivity index (χ4n) is 2.33. The van der Waals surface area contributed by atoms with Crippen molar-refractivity contribution in [3.63, 3.8) is 0 Å². The average molecular weight is 208 g/mol. The molecule has 1 aromatic rings. The molecule has 0 radical (unpaired) electrons. The van der Waals surface area contributed by atoms with Gasteiger partial charge in [0.2, 0.25) is 0 Å². The first-order valence-electron chi connectivity index (χ1n) is 5.53. The maximum absolute atomic E-state index is 10.9. The average Bonchev–Trinajstić information content (AvgIpc) is 2.67. The third kappa shape index (κ3) is 2.37. The summed E-state index contributed by atoms with van der Waals surface area (Å²) in [4.78, 5) is 10.9. The number of aromatic nitrogens is 2. The first-order chi connectivity index (χ1) is 7.27. The van der Waals surface area contributed by atoms with Gasteiger partial charge in [0.15, 0.2) is 0 Å². The predicted molar refractivity (Wildman–Crippen MR) is 55.8 cm³/mol. The summed E-state index contributed by atoms with van der Waals surface area (Å²) < 4.78 is 0. The number of carboxylic acids is 1. The van der Waals surface area contributed by atoms with Crippen molar-refractivity contribution in [3.05, 3.63) is 17.5 Å². The molecular weight excluding hydrogens is 192 g/mol. The van der Waals surface area contributed by atoms with Crippen molar-refractivity contribution >= 4 is 5.97 Å². The van der Waals surface area contributed by atoms with Crippen molar-refractivity contribution in [2.45, 2.75) is 38.5 Å². The number of nitrogens with zero attached hydrogens (tertiary/aromatic N) is 1. The molecule has 4 heteroatoms. The number of rotatable bonds is 3. The van der Waals surface area contributed by atoms with Crippen LogP contribution in [0.5, 0.6) is 0 Å². The number of carbonyl (C=O) groups is 1. The summed E-state index contributed by atoms with van der Waals surface area (Å²) in [6.07, 6.45) is 8.56. The standard InChI is InChI=1S/C11H16N2O2/c14-11(15)9-7-12-13-10(9)6-8-4-2-1-3-5-8/h7-8H,1-6H2,(H,12,13)(H,14,15). The Bertz CT molecular complexity index is 340. The molecule has 1 aliphatic carbocycles. The minimum atomic E-state index is -0.880. The van der Waals surface area contributed by atoms with E-state index in [2.05, 4.69) is 10.2 Å². The molecule has 82 valence electrons. The lowest BCUT2D eigenvalue weighted by Crippen LogP contribution is -2.11.